The topological polar surface area (TPSA) is 72.2 Å². The third-order valence-corrected chi connectivity index (χ3v) is 6.06. The molecule has 0 radical (unpaired) electrons. The maximum absolute atomic E-state index is 12.0. The SMILES string of the molecule is Cc1ccsc1S(=O)(=O)NC1CCC(N)C1. The molecule has 16 heavy (non-hydrogen) atoms. The Balaban J connectivity index is 2.12. The molecule has 0 aromatic carbocycles. The van der Waals surface area contributed by atoms with Gasteiger partial charge in [-0.05, 0) is 43.2 Å². The van der Waals surface area contributed by atoms with Crippen LogP contribution >= 0.6 is 11.3 Å². The summed E-state index contributed by atoms with van der Waals surface area (Å²) in [6, 6.07) is 1.96. The van der Waals surface area contributed by atoms with Gasteiger partial charge >= 0.3 is 0 Å². The van der Waals surface area contributed by atoms with E-state index < -0.39 is 10.0 Å². The molecule has 6 heteroatoms. The van der Waals surface area contributed by atoms with Gasteiger partial charge in [0.2, 0.25) is 0 Å². The van der Waals surface area contributed by atoms with Crippen LogP contribution in [0, 0.1) is 6.92 Å². The van der Waals surface area contributed by atoms with Crippen molar-refractivity contribution in [2.75, 3.05) is 0 Å². The molecule has 1 aliphatic rings. The summed E-state index contributed by atoms with van der Waals surface area (Å²) >= 11 is 1.26. The third kappa shape index (κ3) is 2.45. The molecule has 2 rings (SSSR count). The highest BCUT2D eigenvalue weighted by Gasteiger charge is 2.27. The van der Waals surface area contributed by atoms with Crippen molar-refractivity contribution in [3.05, 3.63) is 17.0 Å². The number of nitrogens with two attached hydrogens (primary N) is 1. The fraction of sp³-hybridized carbons (Fsp3) is 0.600. The summed E-state index contributed by atoms with van der Waals surface area (Å²) in [7, 11) is -3.34. The minimum absolute atomic E-state index is 0.00139. The molecule has 2 atom stereocenters. The molecule has 0 bridgehead atoms. The Morgan fingerprint density at radius 3 is 2.75 bits per heavy atom. The van der Waals surface area contributed by atoms with Crippen LogP contribution in [-0.2, 0) is 10.0 Å². The van der Waals surface area contributed by atoms with Gasteiger partial charge in [0, 0.05) is 12.1 Å². The number of nitrogens with one attached hydrogen (secondary N) is 1. The normalized spacial score (nSPS) is 26.1. The van der Waals surface area contributed by atoms with Crippen LogP contribution < -0.4 is 10.5 Å². The lowest BCUT2D eigenvalue weighted by Crippen LogP contribution is -2.33. The Labute approximate surface area is 99.9 Å². The van der Waals surface area contributed by atoms with Gasteiger partial charge < -0.3 is 5.73 Å². The van der Waals surface area contributed by atoms with Crippen LogP contribution in [-0.4, -0.2) is 20.5 Å². The van der Waals surface area contributed by atoms with Gasteiger partial charge in [-0.3, -0.25) is 0 Å². The smallest absolute Gasteiger partial charge is 0.250 e. The van der Waals surface area contributed by atoms with E-state index in [0.29, 0.717) is 4.21 Å². The van der Waals surface area contributed by atoms with Crippen molar-refractivity contribution >= 4 is 21.4 Å². The molecule has 0 saturated heterocycles. The first kappa shape index (κ1) is 12.0. The Morgan fingerprint density at radius 2 is 2.25 bits per heavy atom. The number of hydrogen-bond acceptors (Lipinski definition) is 4. The zero-order chi connectivity index (χ0) is 11.8. The monoisotopic (exact) mass is 260 g/mol. The molecule has 1 fully saturated rings. The van der Waals surface area contributed by atoms with Gasteiger partial charge in [-0.1, -0.05) is 0 Å². The van der Waals surface area contributed by atoms with Crippen LogP contribution in [0.5, 0.6) is 0 Å². The molecule has 1 heterocycles. The van der Waals surface area contributed by atoms with Gasteiger partial charge in [-0.15, -0.1) is 11.3 Å². The van der Waals surface area contributed by atoms with E-state index >= 15 is 0 Å². The fourth-order valence-electron chi connectivity index (χ4n) is 2.03. The van der Waals surface area contributed by atoms with Gasteiger partial charge in [0.1, 0.15) is 4.21 Å². The highest BCUT2D eigenvalue weighted by Crippen LogP contribution is 2.24. The van der Waals surface area contributed by atoms with Crippen molar-refractivity contribution in [2.45, 2.75) is 42.5 Å². The second-order valence-electron chi connectivity index (χ2n) is 4.28. The minimum Gasteiger partial charge on any atom is -0.328 e. The highest BCUT2D eigenvalue weighted by molar-refractivity contribution is 7.91. The summed E-state index contributed by atoms with van der Waals surface area (Å²) in [5.41, 5.74) is 6.57. The van der Waals surface area contributed by atoms with Crippen LogP contribution in [0.4, 0.5) is 0 Å². The van der Waals surface area contributed by atoms with E-state index in [1.165, 1.54) is 11.3 Å². The van der Waals surface area contributed by atoms with Crippen molar-refractivity contribution in [1.82, 2.24) is 4.72 Å². The molecule has 1 aliphatic carbocycles. The second kappa shape index (κ2) is 4.44. The van der Waals surface area contributed by atoms with Crippen LogP contribution in [0.2, 0.25) is 0 Å². The average molecular weight is 260 g/mol. The van der Waals surface area contributed by atoms with Crippen molar-refractivity contribution < 1.29 is 8.42 Å². The summed E-state index contributed by atoms with van der Waals surface area (Å²) in [4.78, 5) is 0. The van der Waals surface area contributed by atoms with Crippen LogP contribution in [0.25, 0.3) is 0 Å². The van der Waals surface area contributed by atoms with Gasteiger partial charge in [-0.2, -0.15) is 0 Å². The predicted octanol–water partition coefficient (Wildman–Crippen LogP) is 1.21. The molecule has 90 valence electrons. The molecule has 0 spiro atoms. The minimum atomic E-state index is -3.34. The maximum atomic E-state index is 12.0. The van der Waals surface area contributed by atoms with E-state index in [1.54, 1.807) is 5.38 Å². The average Bonchev–Trinajstić information content (AvgIpc) is 2.74. The number of rotatable bonds is 3. The standard InChI is InChI=1S/C10H16N2O2S2/c1-7-4-5-15-10(7)16(13,14)12-9-3-2-8(11)6-9/h4-5,8-9,12H,2-3,6,11H2,1H3. The molecule has 0 amide bonds. The molecular formula is C10H16N2O2S2. The summed E-state index contributed by atoms with van der Waals surface area (Å²) in [5, 5.41) is 1.80. The summed E-state index contributed by atoms with van der Waals surface area (Å²) in [5.74, 6) is 0. The van der Waals surface area contributed by atoms with E-state index in [0.717, 1.165) is 24.8 Å². The molecule has 4 nitrogen and oxygen atoms in total. The quantitative estimate of drug-likeness (QED) is 0.858. The van der Waals surface area contributed by atoms with Crippen LogP contribution in [0.15, 0.2) is 15.7 Å². The van der Waals surface area contributed by atoms with E-state index in [-0.39, 0.29) is 12.1 Å². The van der Waals surface area contributed by atoms with E-state index in [1.807, 2.05) is 13.0 Å². The Morgan fingerprint density at radius 1 is 1.50 bits per heavy atom. The van der Waals surface area contributed by atoms with Crippen LogP contribution in [0.1, 0.15) is 24.8 Å². The van der Waals surface area contributed by atoms with Crippen molar-refractivity contribution in [3.63, 3.8) is 0 Å². The second-order valence-corrected chi connectivity index (χ2v) is 7.11. The molecule has 1 saturated carbocycles. The first-order chi connectivity index (χ1) is 7.49. The highest BCUT2D eigenvalue weighted by atomic mass is 32.2. The number of aryl methyl sites for hydroxylation is 1. The van der Waals surface area contributed by atoms with Crippen molar-refractivity contribution in [2.24, 2.45) is 5.73 Å². The van der Waals surface area contributed by atoms with Gasteiger partial charge in [0.25, 0.3) is 10.0 Å². The summed E-state index contributed by atoms with van der Waals surface area (Å²) in [6.07, 6.45) is 2.48. The third-order valence-electron chi connectivity index (χ3n) is 2.85. The molecule has 0 aliphatic heterocycles. The molecule has 2 unspecified atom stereocenters. The van der Waals surface area contributed by atoms with Gasteiger partial charge in [0.05, 0.1) is 0 Å². The van der Waals surface area contributed by atoms with Gasteiger partial charge in [-0.25, -0.2) is 13.1 Å². The molecule has 1 aromatic heterocycles. The van der Waals surface area contributed by atoms with Crippen LogP contribution in [0.3, 0.4) is 0 Å². The Kier molecular flexibility index (Phi) is 3.34. The van der Waals surface area contributed by atoms with E-state index in [9.17, 15) is 8.42 Å². The number of hydrogen-bond donors (Lipinski definition) is 2. The van der Waals surface area contributed by atoms with E-state index in [2.05, 4.69) is 4.72 Å². The maximum Gasteiger partial charge on any atom is 0.250 e. The molecule has 3 N–H and O–H groups in total. The molecule has 1 aromatic rings. The summed E-state index contributed by atoms with van der Waals surface area (Å²) < 4.78 is 27.2. The van der Waals surface area contributed by atoms with Crippen molar-refractivity contribution in [3.8, 4) is 0 Å². The van der Waals surface area contributed by atoms with Crippen molar-refractivity contribution in [1.29, 1.82) is 0 Å². The lowest BCUT2D eigenvalue weighted by atomic mass is 10.2. The zero-order valence-electron chi connectivity index (χ0n) is 9.14. The largest absolute Gasteiger partial charge is 0.328 e. The number of sulfonamides is 1. The summed E-state index contributed by atoms with van der Waals surface area (Å²) in [6.45, 7) is 1.81. The first-order valence-electron chi connectivity index (χ1n) is 5.31. The first-order valence-corrected chi connectivity index (χ1v) is 7.67. The predicted molar refractivity (Wildman–Crippen MR) is 65.0 cm³/mol. The van der Waals surface area contributed by atoms with E-state index in [4.69, 9.17) is 5.73 Å². The molecular weight excluding hydrogens is 244 g/mol. The lowest BCUT2D eigenvalue weighted by Gasteiger charge is -2.12. The zero-order valence-corrected chi connectivity index (χ0v) is 10.8. The van der Waals surface area contributed by atoms with Gasteiger partial charge in [0.15, 0.2) is 0 Å². The Hall–Kier alpha value is -0.430. The fourth-order valence-corrected chi connectivity index (χ4v) is 4.75. The lowest BCUT2D eigenvalue weighted by molar-refractivity contribution is 0.550. The Bertz CT molecular complexity index is 467. The number of thiophene rings is 1.